The van der Waals surface area contributed by atoms with Gasteiger partial charge in [0.15, 0.2) is 0 Å². The van der Waals surface area contributed by atoms with Crippen LogP contribution in [0.3, 0.4) is 0 Å². The maximum atomic E-state index is 9.06. The van der Waals surface area contributed by atoms with E-state index in [-0.39, 0.29) is 6.61 Å². The topological polar surface area (TPSA) is 20.2 Å². The molecule has 2 rings (SSSR count). The maximum absolute atomic E-state index is 9.06. The van der Waals surface area contributed by atoms with Crippen LogP contribution in [0.4, 0.5) is 0 Å². The van der Waals surface area contributed by atoms with Crippen molar-refractivity contribution in [3.05, 3.63) is 54.1 Å². The molecule has 0 unspecified atom stereocenters. The molecule has 0 aliphatic carbocycles. The first-order valence-corrected chi connectivity index (χ1v) is 5.61. The van der Waals surface area contributed by atoms with Gasteiger partial charge < -0.3 is 5.11 Å². The third kappa shape index (κ3) is 2.00. The van der Waals surface area contributed by atoms with Crippen molar-refractivity contribution in [2.24, 2.45) is 0 Å². The van der Waals surface area contributed by atoms with Crippen molar-refractivity contribution in [3.63, 3.8) is 0 Å². The molecule has 82 valence electrons. The quantitative estimate of drug-likeness (QED) is 0.823. The summed E-state index contributed by atoms with van der Waals surface area (Å²) < 4.78 is 0. The highest BCUT2D eigenvalue weighted by atomic mass is 16.2. The largest absolute Gasteiger partial charge is 0.396 e. The molecule has 0 spiro atoms. The number of rotatable bonds is 3. The second-order valence-electron chi connectivity index (χ2n) is 3.81. The molecule has 0 heterocycles. The predicted molar refractivity (Wildman–Crippen MR) is 69.3 cm³/mol. The average Bonchev–Trinajstić information content (AvgIpc) is 2.35. The third-order valence-electron chi connectivity index (χ3n) is 2.87. The van der Waals surface area contributed by atoms with Crippen LogP contribution in [0, 0.1) is 0 Å². The number of aliphatic hydroxyl groups is 1. The van der Waals surface area contributed by atoms with Crippen molar-refractivity contribution in [3.8, 4) is 0 Å². The van der Waals surface area contributed by atoms with Crippen LogP contribution in [0.15, 0.2) is 48.5 Å². The lowest BCUT2D eigenvalue weighted by Crippen LogP contribution is -1.90. The van der Waals surface area contributed by atoms with Gasteiger partial charge in [0, 0.05) is 6.61 Å². The molecule has 0 saturated carbocycles. The smallest absolute Gasteiger partial charge is 0.0471 e. The lowest BCUT2D eigenvalue weighted by molar-refractivity contribution is 0.305. The first kappa shape index (κ1) is 10.9. The van der Waals surface area contributed by atoms with Gasteiger partial charge in [-0.2, -0.15) is 0 Å². The molecular formula is C15H16O. The predicted octanol–water partition coefficient (Wildman–Crippen LogP) is 3.63. The number of hydrogen-bond acceptors (Lipinski definition) is 1. The summed E-state index contributed by atoms with van der Waals surface area (Å²) in [6, 6.07) is 14.7. The van der Waals surface area contributed by atoms with Gasteiger partial charge in [-0.1, -0.05) is 48.5 Å². The van der Waals surface area contributed by atoms with E-state index in [2.05, 4.69) is 42.5 Å². The van der Waals surface area contributed by atoms with E-state index in [0.29, 0.717) is 6.42 Å². The fraction of sp³-hybridized carbons (Fsp3) is 0.200. The van der Waals surface area contributed by atoms with Gasteiger partial charge in [-0.3, -0.25) is 0 Å². The van der Waals surface area contributed by atoms with Gasteiger partial charge >= 0.3 is 0 Å². The summed E-state index contributed by atoms with van der Waals surface area (Å²) >= 11 is 0. The van der Waals surface area contributed by atoms with Gasteiger partial charge in [-0.15, -0.1) is 0 Å². The molecule has 0 atom stereocenters. The summed E-state index contributed by atoms with van der Waals surface area (Å²) in [5, 5.41) is 11.6. The molecule has 0 amide bonds. The lowest BCUT2D eigenvalue weighted by Gasteiger charge is -2.09. The molecule has 2 aromatic carbocycles. The Morgan fingerprint density at radius 2 is 1.88 bits per heavy atom. The van der Waals surface area contributed by atoms with Crippen LogP contribution in [0.5, 0.6) is 0 Å². The standard InChI is InChI=1S/C15H16O/c1-2-12(10-11-16)14-9-5-7-13-6-3-4-8-15(13)14/h2-9,16H,10-11H2,1H3. The summed E-state index contributed by atoms with van der Waals surface area (Å²) in [4.78, 5) is 0. The van der Waals surface area contributed by atoms with Gasteiger partial charge in [-0.05, 0) is 35.3 Å². The van der Waals surface area contributed by atoms with Gasteiger partial charge in [0.2, 0.25) is 0 Å². The Hall–Kier alpha value is -1.60. The molecule has 1 heteroatoms. The van der Waals surface area contributed by atoms with Crippen molar-refractivity contribution in [1.29, 1.82) is 0 Å². The van der Waals surface area contributed by atoms with Crippen LogP contribution in [-0.2, 0) is 0 Å². The lowest BCUT2D eigenvalue weighted by atomic mass is 9.96. The van der Waals surface area contributed by atoms with Crippen molar-refractivity contribution < 1.29 is 5.11 Å². The minimum absolute atomic E-state index is 0.197. The minimum atomic E-state index is 0.197. The molecule has 1 nitrogen and oxygen atoms in total. The number of hydrogen-bond donors (Lipinski definition) is 1. The zero-order valence-electron chi connectivity index (χ0n) is 9.48. The molecular weight excluding hydrogens is 196 g/mol. The van der Waals surface area contributed by atoms with Crippen LogP contribution in [0.1, 0.15) is 18.9 Å². The highest BCUT2D eigenvalue weighted by Crippen LogP contribution is 2.26. The molecule has 16 heavy (non-hydrogen) atoms. The Bertz CT molecular complexity index is 506. The van der Waals surface area contributed by atoms with E-state index < -0.39 is 0 Å². The monoisotopic (exact) mass is 212 g/mol. The summed E-state index contributed by atoms with van der Waals surface area (Å²) in [6.07, 6.45) is 2.79. The fourth-order valence-electron chi connectivity index (χ4n) is 2.06. The van der Waals surface area contributed by atoms with Gasteiger partial charge in [-0.25, -0.2) is 0 Å². The zero-order chi connectivity index (χ0) is 11.4. The molecule has 0 aromatic heterocycles. The van der Waals surface area contributed by atoms with E-state index >= 15 is 0 Å². The van der Waals surface area contributed by atoms with Crippen LogP contribution in [-0.4, -0.2) is 11.7 Å². The van der Waals surface area contributed by atoms with E-state index in [4.69, 9.17) is 5.11 Å². The Kier molecular flexibility index (Phi) is 3.37. The molecule has 0 aliphatic heterocycles. The first-order chi connectivity index (χ1) is 7.86. The molecule has 0 aliphatic rings. The van der Waals surface area contributed by atoms with Gasteiger partial charge in [0.05, 0.1) is 0 Å². The maximum Gasteiger partial charge on any atom is 0.0471 e. The first-order valence-electron chi connectivity index (χ1n) is 5.61. The van der Waals surface area contributed by atoms with Crippen molar-refractivity contribution >= 4 is 16.3 Å². The van der Waals surface area contributed by atoms with Crippen LogP contribution < -0.4 is 0 Å². The number of fused-ring (bicyclic) bond motifs is 1. The highest BCUT2D eigenvalue weighted by Gasteiger charge is 2.04. The van der Waals surface area contributed by atoms with Gasteiger partial charge in [0.1, 0.15) is 0 Å². The molecule has 1 N–H and O–H groups in total. The van der Waals surface area contributed by atoms with Crippen molar-refractivity contribution in [1.82, 2.24) is 0 Å². The van der Waals surface area contributed by atoms with E-state index in [1.807, 2.05) is 13.0 Å². The van der Waals surface area contributed by atoms with E-state index in [9.17, 15) is 0 Å². The average molecular weight is 212 g/mol. The SMILES string of the molecule is CC=C(CCO)c1cccc2ccccc12. The molecule has 2 aromatic rings. The van der Waals surface area contributed by atoms with Gasteiger partial charge in [0.25, 0.3) is 0 Å². The zero-order valence-corrected chi connectivity index (χ0v) is 9.48. The summed E-state index contributed by atoms with van der Waals surface area (Å²) in [5.74, 6) is 0. The number of benzene rings is 2. The Balaban J connectivity index is 2.59. The molecule has 0 fully saturated rings. The van der Waals surface area contributed by atoms with E-state index in [0.717, 1.165) is 0 Å². The molecule has 0 radical (unpaired) electrons. The van der Waals surface area contributed by atoms with Crippen LogP contribution >= 0.6 is 0 Å². The summed E-state index contributed by atoms with van der Waals surface area (Å²) in [5.41, 5.74) is 2.44. The summed E-state index contributed by atoms with van der Waals surface area (Å²) in [7, 11) is 0. The molecule has 0 saturated heterocycles. The number of aliphatic hydroxyl groups excluding tert-OH is 1. The Labute approximate surface area is 96.0 Å². The van der Waals surface area contributed by atoms with Crippen molar-refractivity contribution in [2.45, 2.75) is 13.3 Å². The second kappa shape index (κ2) is 4.95. The Morgan fingerprint density at radius 3 is 2.62 bits per heavy atom. The summed E-state index contributed by atoms with van der Waals surface area (Å²) in [6.45, 7) is 2.22. The highest BCUT2D eigenvalue weighted by molar-refractivity contribution is 5.93. The molecule has 0 bridgehead atoms. The van der Waals surface area contributed by atoms with E-state index in [1.54, 1.807) is 0 Å². The van der Waals surface area contributed by atoms with E-state index in [1.165, 1.54) is 21.9 Å². The fourth-order valence-corrected chi connectivity index (χ4v) is 2.06. The second-order valence-corrected chi connectivity index (χ2v) is 3.81. The van der Waals surface area contributed by atoms with Crippen LogP contribution in [0.25, 0.3) is 16.3 Å². The Morgan fingerprint density at radius 1 is 1.12 bits per heavy atom. The third-order valence-corrected chi connectivity index (χ3v) is 2.87. The van der Waals surface area contributed by atoms with Crippen molar-refractivity contribution in [2.75, 3.05) is 6.61 Å². The van der Waals surface area contributed by atoms with Crippen LogP contribution in [0.2, 0.25) is 0 Å². The normalized spacial score (nSPS) is 12.0. The number of allylic oxidation sites excluding steroid dienone is 1. The minimum Gasteiger partial charge on any atom is -0.396 e.